The summed E-state index contributed by atoms with van der Waals surface area (Å²) in [5.41, 5.74) is 1.05. The van der Waals surface area contributed by atoms with Crippen molar-refractivity contribution in [3.63, 3.8) is 0 Å². The average molecular weight is 436 g/mol. The van der Waals surface area contributed by atoms with Crippen molar-refractivity contribution in [3.8, 4) is 0 Å². The molecule has 7 nitrogen and oxygen atoms in total. The summed E-state index contributed by atoms with van der Waals surface area (Å²) in [6.07, 6.45) is 4.22. The first-order valence-electron chi connectivity index (χ1n) is 7.88. The van der Waals surface area contributed by atoms with Crippen molar-refractivity contribution >= 4 is 35.8 Å². The number of amides is 1. The summed E-state index contributed by atoms with van der Waals surface area (Å²) in [7, 11) is 1.88. The molecular formula is C15H29IN6O. The van der Waals surface area contributed by atoms with Gasteiger partial charge in [-0.25, -0.2) is 4.99 Å². The number of carbonyl (C=O) groups is 1. The summed E-state index contributed by atoms with van der Waals surface area (Å²) in [4.78, 5) is 18.3. The Kier molecular flexibility index (Phi) is 11.4. The third kappa shape index (κ3) is 8.19. The fourth-order valence-corrected chi connectivity index (χ4v) is 2.09. The zero-order valence-electron chi connectivity index (χ0n) is 14.5. The van der Waals surface area contributed by atoms with E-state index in [1.807, 2.05) is 38.9 Å². The largest absolute Gasteiger partial charge is 0.357 e. The monoisotopic (exact) mass is 436 g/mol. The van der Waals surface area contributed by atoms with Gasteiger partial charge in [0.2, 0.25) is 5.91 Å². The third-order valence-electron chi connectivity index (χ3n) is 3.27. The number of aliphatic imine (C=N–C) groups is 1. The quantitative estimate of drug-likeness (QED) is 0.367. The highest BCUT2D eigenvalue weighted by atomic mass is 127. The molecular weight excluding hydrogens is 407 g/mol. The molecule has 1 aromatic heterocycles. The predicted molar refractivity (Wildman–Crippen MR) is 104 cm³/mol. The van der Waals surface area contributed by atoms with Gasteiger partial charge in [-0.3, -0.25) is 9.48 Å². The second-order valence-corrected chi connectivity index (χ2v) is 4.96. The number of guanidine groups is 1. The molecule has 23 heavy (non-hydrogen) atoms. The van der Waals surface area contributed by atoms with Crippen LogP contribution in [-0.2, 0) is 18.4 Å². The Balaban J connectivity index is 0.00000484. The van der Waals surface area contributed by atoms with Crippen LogP contribution in [0.2, 0.25) is 0 Å². The average Bonchev–Trinajstić information content (AvgIpc) is 2.91. The molecule has 0 aliphatic heterocycles. The second-order valence-electron chi connectivity index (χ2n) is 4.96. The zero-order valence-corrected chi connectivity index (χ0v) is 16.8. The van der Waals surface area contributed by atoms with Gasteiger partial charge in [-0.2, -0.15) is 5.10 Å². The maximum Gasteiger partial charge on any atom is 0.224 e. The van der Waals surface area contributed by atoms with E-state index in [0.29, 0.717) is 19.5 Å². The molecule has 0 atom stereocenters. The van der Waals surface area contributed by atoms with Gasteiger partial charge in [0.15, 0.2) is 5.96 Å². The van der Waals surface area contributed by atoms with Crippen molar-refractivity contribution in [2.75, 3.05) is 26.2 Å². The number of rotatable bonds is 8. The lowest BCUT2D eigenvalue weighted by Gasteiger charge is -2.19. The van der Waals surface area contributed by atoms with E-state index in [1.165, 1.54) is 0 Å². The number of carbonyl (C=O) groups excluding carboxylic acids is 1. The lowest BCUT2D eigenvalue weighted by atomic mass is 10.3. The minimum Gasteiger partial charge on any atom is -0.357 e. The minimum atomic E-state index is 0. The summed E-state index contributed by atoms with van der Waals surface area (Å²) >= 11 is 0. The van der Waals surface area contributed by atoms with Crippen molar-refractivity contribution in [2.45, 2.75) is 33.7 Å². The highest BCUT2D eigenvalue weighted by molar-refractivity contribution is 14.0. The Bertz CT molecular complexity index is 484. The molecule has 0 aliphatic rings. The number of hydrogen-bond acceptors (Lipinski definition) is 3. The van der Waals surface area contributed by atoms with E-state index in [2.05, 4.69) is 20.7 Å². The summed E-state index contributed by atoms with van der Waals surface area (Å²) < 4.78 is 1.76. The standard InChI is InChI=1S/C15H28N6O.HI/c1-5-16-15(18-10-13-11-19-20(4)12-13)17-9-8-14(22)21(6-2)7-3;/h11-12H,5-10H2,1-4H3,(H2,16,17,18);1H. The summed E-state index contributed by atoms with van der Waals surface area (Å²) in [5, 5.41) is 10.5. The molecule has 0 fully saturated rings. The van der Waals surface area contributed by atoms with Crippen LogP contribution in [0, 0.1) is 0 Å². The van der Waals surface area contributed by atoms with Crippen molar-refractivity contribution in [3.05, 3.63) is 18.0 Å². The van der Waals surface area contributed by atoms with E-state index in [-0.39, 0.29) is 29.9 Å². The third-order valence-corrected chi connectivity index (χ3v) is 3.27. The van der Waals surface area contributed by atoms with E-state index in [9.17, 15) is 4.79 Å². The number of nitrogens with one attached hydrogen (secondary N) is 2. The molecule has 8 heteroatoms. The van der Waals surface area contributed by atoms with Crippen molar-refractivity contribution in [1.82, 2.24) is 25.3 Å². The molecule has 1 amide bonds. The molecule has 1 aromatic rings. The van der Waals surface area contributed by atoms with Gasteiger partial charge in [0.25, 0.3) is 0 Å². The number of aryl methyl sites for hydroxylation is 1. The van der Waals surface area contributed by atoms with Gasteiger partial charge in [0, 0.05) is 51.4 Å². The van der Waals surface area contributed by atoms with E-state index in [4.69, 9.17) is 0 Å². The van der Waals surface area contributed by atoms with Gasteiger partial charge in [0.05, 0.1) is 12.7 Å². The maximum absolute atomic E-state index is 11.9. The minimum absolute atomic E-state index is 0. The first-order valence-corrected chi connectivity index (χ1v) is 7.88. The van der Waals surface area contributed by atoms with Crippen LogP contribution in [0.4, 0.5) is 0 Å². The van der Waals surface area contributed by atoms with Gasteiger partial charge in [0.1, 0.15) is 0 Å². The van der Waals surface area contributed by atoms with Crippen molar-refractivity contribution in [2.24, 2.45) is 12.0 Å². The van der Waals surface area contributed by atoms with Crippen LogP contribution in [0.15, 0.2) is 17.4 Å². The first kappa shape index (κ1) is 21.7. The lowest BCUT2D eigenvalue weighted by molar-refractivity contribution is -0.130. The lowest BCUT2D eigenvalue weighted by Crippen LogP contribution is -2.40. The van der Waals surface area contributed by atoms with Crippen LogP contribution in [-0.4, -0.2) is 52.7 Å². The van der Waals surface area contributed by atoms with Crippen LogP contribution in [0.1, 0.15) is 32.8 Å². The molecule has 0 spiro atoms. The fraction of sp³-hybridized carbons (Fsp3) is 0.667. The Morgan fingerprint density at radius 1 is 1.30 bits per heavy atom. The molecule has 132 valence electrons. The van der Waals surface area contributed by atoms with Crippen LogP contribution in [0.3, 0.4) is 0 Å². The van der Waals surface area contributed by atoms with Crippen molar-refractivity contribution in [1.29, 1.82) is 0 Å². The second kappa shape index (κ2) is 12.1. The highest BCUT2D eigenvalue weighted by Gasteiger charge is 2.09. The smallest absolute Gasteiger partial charge is 0.224 e. The molecule has 1 rings (SSSR count). The van der Waals surface area contributed by atoms with Gasteiger partial charge in [-0.15, -0.1) is 24.0 Å². The van der Waals surface area contributed by atoms with Gasteiger partial charge >= 0.3 is 0 Å². The molecule has 2 N–H and O–H groups in total. The van der Waals surface area contributed by atoms with Crippen LogP contribution in [0.5, 0.6) is 0 Å². The van der Waals surface area contributed by atoms with E-state index < -0.39 is 0 Å². The molecule has 0 bridgehead atoms. The van der Waals surface area contributed by atoms with Crippen molar-refractivity contribution < 1.29 is 4.79 Å². The summed E-state index contributed by atoms with van der Waals surface area (Å²) in [6.45, 7) is 9.43. The summed E-state index contributed by atoms with van der Waals surface area (Å²) in [6, 6.07) is 0. The van der Waals surface area contributed by atoms with E-state index >= 15 is 0 Å². The zero-order chi connectivity index (χ0) is 16.4. The number of hydrogen-bond donors (Lipinski definition) is 2. The van der Waals surface area contributed by atoms with E-state index in [1.54, 1.807) is 10.9 Å². The Labute approximate surface area is 155 Å². The van der Waals surface area contributed by atoms with Gasteiger partial charge in [-0.1, -0.05) is 0 Å². The van der Waals surface area contributed by atoms with Crippen LogP contribution >= 0.6 is 24.0 Å². The molecule has 0 radical (unpaired) electrons. The fourth-order valence-electron chi connectivity index (χ4n) is 2.09. The van der Waals surface area contributed by atoms with Gasteiger partial charge < -0.3 is 15.5 Å². The first-order chi connectivity index (χ1) is 10.6. The Hall–Kier alpha value is -1.32. The van der Waals surface area contributed by atoms with Crippen LogP contribution in [0.25, 0.3) is 0 Å². The molecule has 1 heterocycles. The molecule has 0 aliphatic carbocycles. The molecule has 0 aromatic carbocycles. The number of halogens is 1. The van der Waals surface area contributed by atoms with Gasteiger partial charge in [-0.05, 0) is 20.8 Å². The predicted octanol–water partition coefficient (Wildman–Crippen LogP) is 1.35. The van der Waals surface area contributed by atoms with E-state index in [0.717, 1.165) is 31.2 Å². The topological polar surface area (TPSA) is 74.5 Å². The SMILES string of the molecule is CCNC(=NCc1cnn(C)c1)NCCC(=O)N(CC)CC.I. The highest BCUT2D eigenvalue weighted by Crippen LogP contribution is 1.98. The molecule has 0 saturated carbocycles. The summed E-state index contributed by atoms with van der Waals surface area (Å²) in [5.74, 6) is 0.888. The maximum atomic E-state index is 11.9. The normalized spacial score (nSPS) is 10.9. The number of nitrogens with zero attached hydrogens (tertiary/aromatic N) is 4. The Morgan fingerprint density at radius 3 is 2.52 bits per heavy atom. The molecule has 0 unspecified atom stereocenters. The number of aromatic nitrogens is 2. The molecule has 0 saturated heterocycles. The van der Waals surface area contributed by atoms with Crippen LogP contribution < -0.4 is 10.6 Å². The Morgan fingerprint density at radius 2 is 2.00 bits per heavy atom.